The summed E-state index contributed by atoms with van der Waals surface area (Å²) in [7, 11) is -0.772. The van der Waals surface area contributed by atoms with Crippen LogP contribution in [0, 0.1) is 6.92 Å². The molecule has 0 saturated heterocycles. The molecule has 0 aliphatic carbocycles. The third-order valence-electron chi connectivity index (χ3n) is 5.08. The van der Waals surface area contributed by atoms with Crippen LogP contribution < -0.4 is 20.1 Å². The third-order valence-corrected chi connectivity index (χ3v) is 7.02. The summed E-state index contributed by atoms with van der Waals surface area (Å²) in [5.74, 6) is 0.606. The van der Waals surface area contributed by atoms with E-state index in [9.17, 15) is 13.2 Å². The maximum absolute atomic E-state index is 13.3. The molecule has 31 heavy (non-hydrogen) atoms. The first-order chi connectivity index (χ1) is 14.8. The summed E-state index contributed by atoms with van der Waals surface area (Å²) in [5, 5.41) is 11.6. The topological polar surface area (TPSA) is 122 Å². The molecular weight excluding hydrogens is 420 g/mol. The normalized spacial score (nSPS) is 15.4. The first-order valence-corrected chi connectivity index (χ1v) is 11.0. The van der Waals surface area contributed by atoms with Gasteiger partial charge in [0.2, 0.25) is 0 Å². The van der Waals surface area contributed by atoms with Crippen molar-refractivity contribution in [2.45, 2.75) is 23.7 Å². The summed E-state index contributed by atoms with van der Waals surface area (Å²) in [6.45, 7) is 2.12. The predicted molar refractivity (Wildman–Crippen MR) is 114 cm³/mol. The van der Waals surface area contributed by atoms with Gasteiger partial charge in [0.25, 0.3) is 5.91 Å². The number of anilines is 1. The molecule has 4 rings (SSSR count). The molecule has 1 aliphatic rings. The van der Waals surface area contributed by atoms with Crippen molar-refractivity contribution in [1.29, 1.82) is 0 Å². The molecule has 1 unspecified atom stereocenters. The molecule has 2 heterocycles. The molecule has 0 fully saturated rings. The number of amides is 1. The van der Waals surface area contributed by atoms with Gasteiger partial charge in [0, 0.05) is 18.2 Å². The van der Waals surface area contributed by atoms with Crippen molar-refractivity contribution in [3.63, 3.8) is 0 Å². The van der Waals surface area contributed by atoms with E-state index in [1.165, 1.54) is 14.2 Å². The van der Waals surface area contributed by atoms with Crippen LogP contribution in [-0.4, -0.2) is 38.7 Å². The van der Waals surface area contributed by atoms with Crippen molar-refractivity contribution in [2.75, 3.05) is 19.5 Å². The lowest BCUT2D eigenvalue weighted by Crippen LogP contribution is -2.24. The van der Waals surface area contributed by atoms with Gasteiger partial charge in [0.15, 0.2) is 15.7 Å². The van der Waals surface area contributed by atoms with Crippen molar-refractivity contribution in [2.24, 2.45) is 0 Å². The van der Waals surface area contributed by atoms with E-state index in [2.05, 4.69) is 20.8 Å². The molecule has 1 atom stereocenters. The number of sulfone groups is 1. The Hall–Kier alpha value is -3.37. The van der Waals surface area contributed by atoms with Gasteiger partial charge in [0.1, 0.15) is 16.9 Å². The molecule has 9 nitrogen and oxygen atoms in total. The third kappa shape index (κ3) is 3.87. The first kappa shape index (κ1) is 20.9. The van der Waals surface area contributed by atoms with E-state index in [0.29, 0.717) is 29.3 Å². The lowest BCUT2D eigenvalue weighted by atomic mass is 10.2. The molecule has 1 aromatic heterocycles. The van der Waals surface area contributed by atoms with Crippen LogP contribution in [0.5, 0.6) is 11.5 Å². The number of hydrogen-bond acceptors (Lipinski definition) is 7. The number of nitrogens with one attached hydrogen (secondary N) is 3. The van der Waals surface area contributed by atoms with Gasteiger partial charge in [-0.05, 0) is 36.8 Å². The molecule has 0 bridgehead atoms. The Labute approximate surface area is 179 Å². The highest BCUT2D eigenvalue weighted by Gasteiger charge is 2.39. The molecule has 0 saturated carbocycles. The number of benzene rings is 2. The van der Waals surface area contributed by atoms with Crippen molar-refractivity contribution in [1.82, 2.24) is 15.5 Å². The van der Waals surface area contributed by atoms with Crippen LogP contribution in [0.4, 0.5) is 5.82 Å². The Balaban J connectivity index is 1.66. The lowest BCUT2D eigenvalue weighted by molar-refractivity contribution is 0.102. The maximum atomic E-state index is 13.3. The molecule has 1 aliphatic heterocycles. The Bertz CT molecular complexity index is 1230. The fourth-order valence-corrected chi connectivity index (χ4v) is 5.27. The van der Waals surface area contributed by atoms with Gasteiger partial charge >= 0.3 is 0 Å². The quantitative estimate of drug-likeness (QED) is 0.536. The van der Waals surface area contributed by atoms with Crippen molar-refractivity contribution >= 4 is 21.6 Å². The minimum atomic E-state index is -3.75. The standard InChI is InChI=1S/C21H22N4O5S/c1-12-5-4-6-16(7-12)31(27,28)21-18-17(11-22-21)24-25-19(18)23-20(26)13-8-14(29-2)10-15(9-13)30-3/h4-10,21-22H,11H2,1-3H3,(H2,23,24,25,26). The Morgan fingerprint density at radius 1 is 1.13 bits per heavy atom. The fourth-order valence-electron chi connectivity index (χ4n) is 3.51. The van der Waals surface area contributed by atoms with E-state index in [1.807, 2.05) is 13.0 Å². The van der Waals surface area contributed by atoms with Gasteiger partial charge in [-0.25, -0.2) is 8.42 Å². The minimum absolute atomic E-state index is 0.160. The van der Waals surface area contributed by atoms with E-state index < -0.39 is 21.1 Å². The number of aromatic nitrogens is 2. The average molecular weight is 442 g/mol. The Morgan fingerprint density at radius 3 is 2.48 bits per heavy atom. The van der Waals surface area contributed by atoms with Crippen LogP contribution >= 0.6 is 0 Å². The van der Waals surface area contributed by atoms with Crippen LogP contribution in [0.1, 0.15) is 32.6 Å². The number of rotatable bonds is 6. The number of carbonyl (C=O) groups excluding carboxylic acids is 1. The number of fused-ring (bicyclic) bond motifs is 1. The van der Waals surface area contributed by atoms with Crippen LogP contribution in [0.2, 0.25) is 0 Å². The smallest absolute Gasteiger partial charge is 0.257 e. The van der Waals surface area contributed by atoms with Gasteiger partial charge in [-0.3, -0.25) is 15.2 Å². The molecular formula is C21H22N4O5S. The summed E-state index contributed by atoms with van der Waals surface area (Å²) in [6.07, 6.45) is 0. The summed E-state index contributed by atoms with van der Waals surface area (Å²) in [4.78, 5) is 13.1. The monoisotopic (exact) mass is 442 g/mol. The second kappa shape index (κ2) is 8.05. The van der Waals surface area contributed by atoms with E-state index >= 15 is 0 Å². The highest BCUT2D eigenvalue weighted by molar-refractivity contribution is 7.91. The van der Waals surface area contributed by atoms with Crippen LogP contribution in [0.3, 0.4) is 0 Å². The first-order valence-electron chi connectivity index (χ1n) is 9.49. The van der Waals surface area contributed by atoms with Crippen molar-refractivity contribution in [3.05, 3.63) is 64.8 Å². The molecule has 0 radical (unpaired) electrons. The average Bonchev–Trinajstić information content (AvgIpc) is 3.36. The predicted octanol–water partition coefficient (Wildman–Crippen LogP) is 2.56. The number of ether oxygens (including phenoxy) is 2. The minimum Gasteiger partial charge on any atom is -0.497 e. The van der Waals surface area contributed by atoms with Gasteiger partial charge in [-0.1, -0.05) is 12.1 Å². The number of hydrogen-bond donors (Lipinski definition) is 3. The second-order valence-electron chi connectivity index (χ2n) is 7.14. The zero-order valence-corrected chi connectivity index (χ0v) is 18.0. The van der Waals surface area contributed by atoms with Gasteiger partial charge in [0.05, 0.1) is 30.4 Å². The molecule has 2 aromatic carbocycles. The second-order valence-corrected chi connectivity index (χ2v) is 9.18. The van der Waals surface area contributed by atoms with E-state index in [0.717, 1.165) is 5.56 Å². The lowest BCUT2D eigenvalue weighted by Gasteiger charge is -2.15. The highest BCUT2D eigenvalue weighted by atomic mass is 32.2. The number of methoxy groups -OCH3 is 2. The zero-order chi connectivity index (χ0) is 22.2. The summed E-state index contributed by atoms with van der Waals surface area (Å²) in [5.41, 5.74) is 2.15. The van der Waals surface area contributed by atoms with E-state index in [1.54, 1.807) is 36.4 Å². The molecule has 1 amide bonds. The molecule has 3 N–H and O–H groups in total. The number of nitrogens with zero attached hydrogens (tertiary/aromatic N) is 1. The Kier molecular flexibility index (Phi) is 5.42. The molecule has 10 heteroatoms. The summed E-state index contributed by atoms with van der Waals surface area (Å²) < 4.78 is 37.0. The van der Waals surface area contributed by atoms with Gasteiger partial charge in [-0.2, -0.15) is 5.10 Å². The summed E-state index contributed by atoms with van der Waals surface area (Å²) in [6, 6.07) is 11.5. The number of aromatic amines is 1. The molecule has 3 aromatic rings. The summed E-state index contributed by atoms with van der Waals surface area (Å²) >= 11 is 0. The largest absolute Gasteiger partial charge is 0.497 e. The highest BCUT2D eigenvalue weighted by Crippen LogP contribution is 2.37. The molecule has 162 valence electrons. The maximum Gasteiger partial charge on any atom is 0.257 e. The SMILES string of the molecule is COc1cc(OC)cc(C(=O)Nc2n[nH]c3c2C(S(=O)(=O)c2cccc(C)c2)NC3)c1. The van der Waals surface area contributed by atoms with Crippen molar-refractivity contribution in [3.8, 4) is 11.5 Å². The number of carbonyl (C=O) groups is 1. The van der Waals surface area contributed by atoms with Crippen LogP contribution in [-0.2, 0) is 16.4 Å². The zero-order valence-electron chi connectivity index (χ0n) is 17.2. The van der Waals surface area contributed by atoms with Gasteiger partial charge in [-0.15, -0.1) is 0 Å². The van der Waals surface area contributed by atoms with Crippen LogP contribution in [0.25, 0.3) is 0 Å². The fraction of sp³-hybridized carbons (Fsp3) is 0.238. The van der Waals surface area contributed by atoms with Crippen LogP contribution in [0.15, 0.2) is 47.4 Å². The number of H-pyrrole nitrogens is 1. The van der Waals surface area contributed by atoms with E-state index in [4.69, 9.17) is 9.47 Å². The van der Waals surface area contributed by atoms with E-state index in [-0.39, 0.29) is 16.3 Å². The van der Waals surface area contributed by atoms with Gasteiger partial charge < -0.3 is 14.8 Å². The Morgan fingerprint density at radius 2 is 1.84 bits per heavy atom. The van der Waals surface area contributed by atoms with Crippen molar-refractivity contribution < 1.29 is 22.7 Å². The number of aryl methyl sites for hydroxylation is 1. The molecule has 0 spiro atoms.